The highest BCUT2D eigenvalue weighted by Crippen LogP contribution is 2.26. The second-order valence-electron chi connectivity index (χ2n) is 4.69. The Bertz CT molecular complexity index is 572. The largest absolute Gasteiger partial charge is 0.492 e. The van der Waals surface area contributed by atoms with Gasteiger partial charge in [0.1, 0.15) is 5.75 Å². The van der Waals surface area contributed by atoms with Crippen LogP contribution >= 0.6 is 15.9 Å². The maximum atomic E-state index is 5.64. The first-order valence-electron chi connectivity index (χ1n) is 7.15. The first kappa shape index (κ1) is 15.8. The van der Waals surface area contributed by atoms with E-state index in [0.717, 1.165) is 41.8 Å². The molecule has 2 aromatic rings. The van der Waals surface area contributed by atoms with E-state index in [1.807, 2.05) is 18.2 Å². The van der Waals surface area contributed by atoms with E-state index in [4.69, 9.17) is 4.74 Å². The minimum atomic E-state index is 0.663. The molecule has 1 aromatic heterocycles. The van der Waals surface area contributed by atoms with Gasteiger partial charge in [0.05, 0.1) is 11.1 Å². The van der Waals surface area contributed by atoms with Gasteiger partial charge in [0.2, 0.25) is 5.95 Å². The van der Waals surface area contributed by atoms with Crippen LogP contribution in [0, 0.1) is 0 Å². The van der Waals surface area contributed by atoms with Gasteiger partial charge in [0.15, 0.2) is 0 Å². The zero-order valence-electron chi connectivity index (χ0n) is 12.3. The summed E-state index contributed by atoms with van der Waals surface area (Å²) in [5, 5.41) is 14.9. The Hall–Kier alpha value is -1.63. The predicted octanol–water partition coefficient (Wildman–Crippen LogP) is 3.25. The molecule has 114 valence electrons. The number of aromatic nitrogens is 4. The third-order valence-corrected chi connectivity index (χ3v) is 3.50. The molecular formula is C14H20BrN5O. The Balaban J connectivity index is 1.97. The Kier molecular flexibility index (Phi) is 5.98. The lowest BCUT2D eigenvalue weighted by molar-refractivity contribution is 0.315. The zero-order chi connectivity index (χ0) is 15.1. The predicted molar refractivity (Wildman–Crippen MR) is 85.4 cm³/mol. The maximum absolute atomic E-state index is 5.64. The van der Waals surface area contributed by atoms with Crippen LogP contribution < -0.4 is 10.1 Å². The molecule has 2 rings (SSSR count). The maximum Gasteiger partial charge on any atom is 0.243 e. The molecule has 0 unspecified atom stereocenters. The van der Waals surface area contributed by atoms with Gasteiger partial charge in [0, 0.05) is 13.1 Å². The Morgan fingerprint density at radius 1 is 1.29 bits per heavy atom. The molecule has 0 fully saturated rings. The molecule has 0 aliphatic heterocycles. The SMILES string of the molecule is CCCOc1ccc(CNc2nnnn2CCC)cc1Br. The standard InChI is InChI=1S/C14H20BrN5O/c1-3-7-20-14(17-18-19-20)16-10-11-5-6-13(12(15)9-11)21-8-4-2/h5-6,9H,3-4,7-8,10H2,1-2H3,(H,16,17,19). The first-order valence-corrected chi connectivity index (χ1v) is 7.95. The summed E-state index contributed by atoms with van der Waals surface area (Å²) in [6, 6.07) is 6.06. The number of hydrogen-bond donors (Lipinski definition) is 1. The fraction of sp³-hybridized carbons (Fsp3) is 0.500. The fourth-order valence-electron chi connectivity index (χ4n) is 1.86. The summed E-state index contributed by atoms with van der Waals surface area (Å²) in [6.07, 6.45) is 1.99. The highest BCUT2D eigenvalue weighted by molar-refractivity contribution is 9.10. The number of halogens is 1. The molecule has 0 spiro atoms. The van der Waals surface area contributed by atoms with Crippen LogP contribution in [0.5, 0.6) is 5.75 Å². The van der Waals surface area contributed by atoms with Crippen molar-refractivity contribution in [2.24, 2.45) is 0 Å². The lowest BCUT2D eigenvalue weighted by atomic mass is 10.2. The third kappa shape index (κ3) is 4.42. The number of benzene rings is 1. The van der Waals surface area contributed by atoms with Crippen molar-refractivity contribution in [2.45, 2.75) is 39.8 Å². The van der Waals surface area contributed by atoms with Gasteiger partial charge in [-0.1, -0.05) is 25.0 Å². The monoisotopic (exact) mass is 353 g/mol. The van der Waals surface area contributed by atoms with Crippen molar-refractivity contribution in [3.63, 3.8) is 0 Å². The molecule has 21 heavy (non-hydrogen) atoms. The van der Waals surface area contributed by atoms with Crippen molar-refractivity contribution in [1.82, 2.24) is 20.2 Å². The summed E-state index contributed by atoms with van der Waals surface area (Å²) in [5.41, 5.74) is 1.14. The summed E-state index contributed by atoms with van der Waals surface area (Å²) >= 11 is 3.54. The van der Waals surface area contributed by atoms with E-state index < -0.39 is 0 Å². The van der Waals surface area contributed by atoms with Crippen molar-refractivity contribution >= 4 is 21.9 Å². The number of hydrogen-bond acceptors (Lipinski definition) is 5. The normalized spacial score (nSPS) is 10.6. The van der Waals surface area contributed by atoms with Crippen LogP contribution in [0.3, 0.4) is 0 Å². The molecule has 0 saturated carbocycles. The summed E-state index contributed by atoms with van der Waals surface area (Å²) in [5.74, 6) is 1.57. The number of nitrogens with one attached hydrogen (secondary N) is 1. The first-order chi connectivity index (χ1) is 10.2. The van der Waals surface area contributed by atoms with E-state index in [-0.39, 0.29) is 0 Å². The summed E-state index contributed by atoms with van der Waals surface area (Å²) in [7, 11) is 0. The van der Waals surface area contributed by atoms with Crippen LogP contribution in [-0.2, 0) is 13.1 Å². The lowest BCUT2D eigenvalue weighted by Gasteiger charge is -2.10. The Morgan fingerprint density at radius 3 is 2.86 bits per heavy atom. The Labute approximate surface area is 133 Å². The lowest BCUT2D eigenvalue weighted by Crippen LogP contribution is -2.09. The number of tetrazole rings is 1. The van der Waals surface area contributed by atoms with Crippen LogP contribution in [0.25, 0.3) is 0 Å². The van der Waals surface area contributed by atoms with E-state index in [9.17, 15) is 0 Å². The van der Waals surface area contributed by atoms with Crippen LogP contribution in [0.4, 0.5) is 5.95 Å². The van der Waals surface area contributed by atoms with Crippen LogP contribution in [-0.4, -0.2) is 26.8 Å². The molecule has 6 nitrogen and oxygen atoms in total. The van der Waals surface area contributed by atoms with E-state index in [1.165, 1.54) is 0 Å². The molecule has 0 atom stereocenters. The van der Waals surface area contributed by atoms with Gasteiger partial charge in [-0.05, 0) is 56.9 Å². The van der Waals surface area contributed by atoms with Crippen molar-refractivity contribution in [2.75, 3.05) is 11.9 Å². The van der Waals surface area contributed by atoms with Gasteiger partial charge in [-0.3, -0.25) is 0 Å². The molecule has 1 N–H and O–H groups in total. The van der Waals surface area contributed by atoms with Crippen molar-refractivity contribution in [3.05, 3.63) is 28.2 Å². The van der Waals surface area contributed by atoms with Crippen LogP contribution in [0.1, 0.15) is 32.3 Å². The molecular weight excluding hydrogens is 334 g/mol. The third-order valence-electron chi connectivity index (χ3n) is 2.88. The summed E-state index contributed by atoms with van der Waals surface area (Å²) < 4.78 is 8.37. The fourth-order valence-corrected chi connectivity index (χ4v) is 2.40. The van der Waals surface area contributed by atoms with E-state index in [1.54, 1.807) is 4.68 Å². The van der Waals surface area contributed by atoms with Gasteiger partial charge in [-0.15, -0.1) is 0 Å². The van der Waals surface area contributed by atoms with Gasteiger partial charge in [-0.2, -0.15) is 0 Å². The number of anilines is 1. The topological polar surface area (TPSA) is 64.9 Å². The zero-order valence-corrected chi connectivity index (χ0v) is 13.9. The number of aryl methyl sites for hydroxylation is 1. The molecule has 0 bridgehead atoms. The molecule has 7 heteroatoms. The van der Waals surface area contributed by atoms with Crippen molar-refractivity contribution in [3.8, 4) is 5.75 Å². The molecule has 0 aliphatic carbocycles. The smallest absolute Gasteiger partial charge is 0.243 e. The number of rotatable bonds is 8. The van der Waals surface area contributed by atoms with Gasteiger partial charge in [0.25, 0.3) is 0 Å². The van der Waals surface area contributed by atoms with Crippen LogP contribution in [0.15, 0.2) is 22.7 Å². The highest BCUT2D eigenvalue weighted by atomic mass is 79.9. The molecule has 0 amide bonds. The second kappa shape index (κ2) is 7.97. The quantitative estimate of drug-likeness (QED) is 0.788. The van der Waals surface area contributed by atoms with E-state index in [0.29, 0.717) is 12.5 Å². The van der Waals surface area contributed by atoms with Gasteiger partial charge >= 0.3 is 0 Å². The molecule has 0 radical (unpaired) electrons. The highest BCUT2D eigenvalue weighted by Gasteiger charge is 2.06. The van der Waals surface area contributed by atoms with E-state index in [2.05, 4.69) is 50.6 Å². The minimum Gasteiger partial charge on any atom is -0.492 e. The molecule has 0 saturated heterocycles. The molecule has 1 heterocycles. The van der Waals surface area contributed by atoms with Crippen molar-refractivity contribution in [1.29, 1.82) is 0 Å². The average Bonchev–Trinajstić information content (AvgIpc) is 2.92. The van der Waals surface area contributed by atoms with E-state index >= 15 is 0 Å². The Morgan fingerprint density at radius 2 is 2.14 bits per heavy atom. The summed E-state index contributed by atoms with van der Waals surface area (Å²) in [4.78, 5) is 0. The van der Waals surface area contributed by atoms with Crippen LogP contribution in [0.2, 0.25) is 0 Å². The molecule has 1 aromatic carbocycles. The average molecular weight is 354 g/mol. The minimum absolute atomic E-state index is 0.663. The summed E-state index contributed by atoms with van der Waals surface area (Å²) in [6.45, 7) is 6.38. The number of nitrogens with zero attached hydrogens (tertiary/aromatic N) is 4. The van der Waals surface area contributed by atoms with Gasteiger partial charge in [-0.25, -0.2) is 4.68 Å². The second-order valence-corrected chi connectivity index (χ2v) is 5.55. The number of ether oxygens (including phenoxy) is 1. The van der Waals surface area contributed by atoms with Gasteiger partial charge < -0.3 is 10.1 Å². The molecule has 0 aliphatic rings. The van der Waals surface area contributed by atoms with Crippen molar-refractivity contribution < 1.29 is 4.74 Å².